The van der Waals surface area contributed by atoms with Gasteiger partial charge in [0.25, 0.3) is 5.91 Å². The van der Waals surface area contributed by atoms with Crippen LogP contribution in [0.4, 0.5) is 5.69 Å². The fourth-order valence-corrected chi connectivity index (χ4v) is 5.26. The van der Waals surface area contributed by atoms with Crippen molar-refractivity contribution in [2.24, 2.45) is 5.92 Å². The van der Waals surface area contributed by atoms with Gasteiger partial charge in [-0.1, -0.05) is 0 Å². The Labute approximate surface area is 187 Å². The molecule has 1 amide bonds. The summed E-state index contributed by atoms with van der Waals surface area (Å²) in [6.45, 7) is 6.61. The van der Waals surface area contributed by atoms with Gasteiger partial charge in [-0.25, -0.2) is 9.97 Å². The fourth-order valence-electron chi connectivity index (χ4n) is 5.26. The number of carbonyl (C=O) groups excluding carboxylic acids is 1. The van der Waals surface area contributed by atoms with E-state index in [1.165, 1.54) is 18.5 Å². The van der Waals surface area contributed by atoms with Gasteiger partial charge in [0.15, 0.2) is 5.65 Å². The first-order chi connectivity index (χ1) is 15.7. The average molecular weight is 433 g/mol. The summed E-state index contributed by atoms with van der Waals surface area (Å²) in [6.07, 6.45) is 4.02. The molecule has 0 spiro atoms. The van der Waals surface area contributed by atoms with Crippen LogP contribution in [0.15, 0.2) is 36.5 Å². The first-order valence-electron chi connectivity index (χ1n) is 11.6. The number of hydrogen-bond donors (Lipinski definition) is 2. The lowest BCUT2D eigenvalue weighted by atomic mass is 9.84. The van der Waals surface area contributed by atoms with E-state index in [9.17, 15) is 4.79 Å². The number of fused-ring (bicyclic) bond motifs is 4. The normalized spacial score (nSPS) is 25.2. The second kappa shape index (κ2) is 8.18. The molecular weight excluding hydrogens is 404 g/mol. The quantitative estimate of drug-likeness (QED) is 0.658. The lowest BCUT2D eigenvalue weighted by Crippen LogP contribution is -2.57. The lowest BCUT2D eigenvalue weighted by Gasteiger charge is -2.44. The van der Waals surface area contributed by atoms with Crippen LogP contribution in [0.1, 0.15) is 23.2 Å². The van der Waals surface area contributed by atoms with E-state index in [1.54, 1.807) is 12.3 Å². The molecule has 7 rings (SSSR count). The van der Waals surface area contributed by atoms with Gasteiger partial charge in [0, 0.05) is 43.1 Å². The van der Waals surface area contributed by atoms with E-state index in [0.29, 0.717) is 22.6 Å². The van der Waals surface area contributed by atoms with E-state index >= 15 is 0 Å². The van der Waals surface area contributed by atoms with Crippen molar-refractivity contribution in [1.82, 2.24) is 25.2 Å². The number of carbonyl (C=O) groups is 1. The summed E-state index contributed by atoms with van der Waals surface area (Å²) in [7, 11) is 0. The van der Waals surface area contributed by atoms with Gasteiger partial charge in [-0.05, 0) is 62.2 Å². The van der Waals surface area contributed by atoms with Crippen LogP contribution in [0.2, 0.25) is 0 Å². The third-order valence-electron chi connectivity index (χ3n) is 7.12. The highest BCUT2D eigenvalue weighted by Gasteiger charge is 2.35. The Kier molecular flexibility index (Phi) is 5.04. The molecule has 32 heavy (non-hydrogen) atoms. The van der Waals surface area contributed by atoms with Crippen molar-refractivity contribution in [2.75, 3.05) is 50.8 Å². The zero-order chi connectivity index (χ0) is 21.5. The van der Waals surface area contributed by atoms with Crippen LogP contribution in [-0.2, 0) is 4.74 Å². The van der Waals surface area contributed by atoms with Crippen molar-refractivity contribution in [2.45, 2.75) is 18.9 Å². The topological polar surface area (TPSA) is 86.4 Å². The standard InChI is InChI=1S/C24H28N6O2/c31-24(26-20-15-29-9-6-16(20)7-10-29)19-5-8-25-23-21(19)27-22(28-23)17-1-3-18(4-2-17)30-11-13-32-14-12-30/h1-5,8,16,20H,6-7,9-15H2,(H,26,31)(H,25,27,28). The lowest BCUT2D eigenvalue weighted by molar-refractivity contribution is 0.0621. The molecule has 8 heteroatoms. The van der Waals surface area contributed by atoms with Gasteiger partial charge in [-0.15, -0.1) is 0 Å². The van der Waals surface area contributed by atoms with Crippen LogP contribution in [0.25, 0.3) is 22.6 Å². The number of pyridine rings is 1. The van der Waals surface area contributed by atoms with Gasteiger partial charge in [0.1, 0.15) is 11.3 Å². The molecule has 0 aliphatic carbocycles. The molecule has 2 N–H and O–H groups in total. The number of piperidine rings is 3. The number of imidazole rings is 1. The summed E-state index contributed by atoms with van der Waals surface area (Å²) < 4.78 is 5.44. The molecule has 4 fully saturated rings. The maximum Gasteiger partial charge on any atom is 0.253 e. The monoisotopic (exact) mass is 432 g/mol. The summed E-state index contributed by atoms with van der Waals surface area (Å²) in [5, 5.41) is 3.27. The van der Waals surface area contributed by atoms with Crippen LogP contribution >= 0.6 is 0 Å². The van der Waals surface area contributed by atoms with E-state index < -0.39 is 0 Å². The number of rotatable bonds is 4. The maximum atomic E-state index is 13.1. The second-order valence-corrected chi connectivity index (χ2v) is 9.01. The highest BCUT2D eigenvalue weighted by atomic mass is 16.5. The number of nitrogens with zero attached hydrogens (tertiary/aromatic N) is 4. The molecule has 4 aliphatic rings. The molecule has 1 atom stereocenters. The second-order valence-electron chi connectivity index (χ2n) is 9.01. The Morgan fingerprint density at radius 2 is 1.84 bits per heavy atom. The van der Waals surface area contributed by atoms with Crippen molar-refractivity contribution in [1.29, 1.82) is 0 Å². The number of ether oxygens (including phenoxy) is 1. The highest BCUT2D eigenvalue weighted by molar-refractivity contribution is 6.04. The SMILES string of the molecule is O=C(NC1CN2CCC1CC2)c1ccnc2[nH]c(-c3ccc(N4CCOCC4)cc3)nc12. The number of amides is 1. The third-order valence-corrected chi connectivity index (χ3v) is 7.12. The first-order valence-corrected chi connectivity index (χ1v) is 11.6. The molecule has 2 bridgehead atoms. The molecule has 0 radical (unpaired) electrons. The average Bonchev–Trinajstić information content (AvgIpc) is 3.30. The van der Waals surface area contributed by atoms with Crippen LogP contribution in [0, 0.1) is 5.92 Å². The molecule has 6 heterocycles. The predicted octanol–water partition coefficient (Wildman–Crippen LogP) is 2.29. The largest absolute Gasteiger partial charge is 0.378 e. The summed E-state index contributed by atoms with van der Waals surface area (Å²) >= 11 is 0. The number of aromatic nitrogens is 3. The number of H-pyrrole nitrogens is 1. The Balaban J connectivity index is 1.24. The molecule has 3 aromatic rings. The van der Waals surface area contributed by atoms with E-state index in [4.69, 9.17) is 9.72 Å². The van der Waals surface area contributed by atoms with Crippen molar-refractivity contribution >= 4 is 22.8 Å². The maximum absolute atomic E-state index is 13.1. The van der Waals surface area contributed by atoms with E-state index in [1.807, 2.05) is 0 Å². The molecule has 1 unspecified atom stereocenters. The van der Waals surface area contributed by atoms with E-state index in [2.05, 4.69) is 49.4 Å². The number of aromatic amines is 1. The molecule has 1 aromatic carbocycles. The number of anilines is 1. The Morgan fingerprint density at radius 3 is 2.56 bits per heavy atom. The van der Waals surface area contributed by atoms with E-state index in [-0.39, 0.29) is 11.9 Å². The molecule has 0 saturated carbocycles. The zero-order valence-corrected chi connectivity index (χ0v) is 18.1. The van der Waals surface area contributed by atoms with Gasteiger partial charge in [0.05, 0.1) is 18.8 Å². The third kappa shape index (κ3) is 3.63. The summed E-state index contributed by atoms with van der Waals surface area (Å²) in [5.74, 6) is 1.25. The minimum Gasteiger partial charge on any atom is -0.378 e. The molecule has 166 valence electrons. The number of hydrogen-bond acceptors (Lipinski definition) is 6. The van der Waals surface area contributed by atoms with Crippen molar-refractivity contribution < 1.29 is 9.53 Å². The van der Waals surface area contributed by atoms with Crippen LogP contribution < -0.4 is 10.2 Å². The molecule has 2 aromatic heterocycles. The van der Waals surface area contributed by atoms with Crippen LogP contribution in [-0.4, -0.2) is 77.7 Å². The fraction of sp³-hybridized carbons (Fsp3) is 0.458. The summed E-state index contributed by atoms with van der Waals surface area (Å²) in [6, 6.07) is 10.3. The Bertz CT molecular complexity index is 1110. The van der Waals surface area contributed by atoms with Crippen molar-refractivity contribution in [3.05, 3.63) is 42.1 Å². The van der Waals surface area contributed by atoms with Crippen LogP contribution in [0.5, 0.6) is 0 Å². The summed E-state index contributed by atoms with van der Waals surface area (Å²) in [5.41, 5.74) is 4.00. The van der Waals surface area contributed by atoms with E-state index in [0.717, 1.165) is 57.3 Å². The summed E-state index contributed by atoms with van der Waals surface area (Å²) in [4.78, 5) is 30.4. The number of nitrogens with one attached hydrogen (secondary N) is 2. The van der Waals surface area contributed by atoms with Gasteiger partial charge >= 0.3 is 0 Å². The molecule has 4 aliphatic heterocycles. The van der Waals surface area contributed by atoms with Crippen molar-refractivity contribution in [3.63, 3.8) is 0 Å². The zero-order valence-electron chi connectivity index (χ0n) is 18.1. The molecule has 4 saturated heterocycles. The number of benzene rings is 1. The Morgan fingerprint density at radius 1 is 1.06 bits per heavy atom. The van der Waals surface area contributed by atoms with Gasteiger partial charge < -0.3 is 24.8 Å². The van der Waals surface area contributed by atoms with Gasteiger partial charge in [0.2, 0.25) is 0 Å². The molecular formula is C24H28N6O2. The Hall–Kier alpha value is -2.97. The first kappa shape index (κ1) is 19.7. The predicted molar refractivity (Wildman–Crippen MR) is 123 cm³/mol. The van der Waals surface area contributed by atoms with Crippen molar-refractivity contribution in [3.8, 4) is 11.4 Å². The van der Waals surface area contributed by atoms with Crippen LogP contribution in [0.3, 0.4) is 0 Å². The number of morpholine rings is 1. The van der Waals surface area contributed by atoms with Gasteiger partial charge in [-0.3, -0.25) is 4.79 Å². The highest BCUT2D eigenvalue weighted by Crippen LogP contribution is 2.28. The van der Waals surface area contributed by atoms with Gasteiger partial charge in [-0.2, -0.15) is 0 Å². The smallest absolute Gasteiger partial charge is 0.253 e. The minimum absolute atomic E-state index is 0.0585. The minimum atomic E-state index is -0.0585. The molecule has 8 nitrogen and oxygen atoms in total.